The van der Waals surface area contributed by atoms with Crippen molar-refractivity contribution in [2.45, 2.75) is 25.1 Å². The van der Waals surface area contributed by atoms with Gasteiger partial charge >= 0.3 is 0 Å². The Balaban J connectivity index is 1.75. The zero-order chi connectivity index (χ0) is 19.0. The average Bonchev–Trinajstić information content (AvgIpc) is 3.13. The third kappa shape index (κ3) is 3.32. The van der Waals surface area contributed by atoms with Crippen LogP contribution in [-0.4, -0.2) is 41.2 Å². The summed E-state index contributed by atoms with van der Waals surface area (Å²) in [5, 5.41) is 17.7. The molecule has 27 heavy (non-hydrogen) atoms. The molecule has 0 unspecified atom stereocenters. The van der Waals surface area contributed by atoms with E-state index in [0.29, 0.717) is 17.0 Å². The Morgan fingerprint density at radius 2 is 2.22 bits per heavy atom. The highest BCUT2D eigenvalue weighted by atomic mass is 35.5. The maximum absolute atomic E-state index is 10.3. The summed E-state index contributed by atoms with van der Waals surface area (Å²) in [6.07, 6.45) is 3.42. The molecule has 4 rings (SSSR count). The summed E-state index contributed by atoms with van der Waals surface area (Å²) < 4.78 is 11.8. The number of aromatic hydroxyl groups is 1. The van der Waals surface area contributed by atoms with Gasteiger partial charge in [0.15, 0.2) is 17.7 Å². The first kappa shape index (κ1) is 18.3. The third-order valence-corrected chi connectivity index (χ3v) is 5.80. The van der Waals surface area contributed by atoms with Crippen molar-refractivity contribution in [1.29, 1.82) is 0 Å². The second-order valence-corrected chi connectivity index (χ2v) is 7.96. The summed E-state index contributed by atoms with van der Waals surface area (Å²) in [6.45, 7) is 0. The number of hydrazone groups is 1. The van der Waals surface area contributed by atoms with E-state index in [2.05, 4.69) is 12.3 Å². The number of halogens is 1. The summed E-state index contributed by atoms with van der Waals surface area (Å²) >= 11 is 7.92. The number of rotatable bonds is 5. The lowest BCUT2D eigenvalue weighted by Crippen LogP contribution is -2.40. The van der Waals surface area contributed by atoms with Crippen molar-refractivity contribution < 1.29 is 14.6 Å². The number of phenols is 1. The summed E-state index contributed by atoms with van der Waals surface area (Å²) in [5.74, 6) is 2.68. The SMILES string of the molecule is COc1cccc2c1O[C@H](CCSC)N1N=C(c3cc(Cl)ccc3O)C[C@@H]21. The Morgan fingerprint density at radius 1 is 1.37 bits per heavy atom. The van der Waals surface area contributed by atoms with Gasteiger partial charge in [-0.3, -0.25) is 5.01 Å². The molecule has 0 bridgehead atoms. The number of fused-ring (bicyclic) bond motifs is 3. The minimum absolute atomic E-state index is 0.0455. The number of hydrogen-bond acceptors (Lipinski definition) is 6. The van der Waals surface area contributed by atoms with Crippen LogP contribution in [0.1, 0.15) is 30.0 Å². The summed E-state index contributed by atoms with van der Waals surface area (Å²) in [5.41, 5.74) is 2.54. The fraction of sp³-hybridized carbons (Fsp3) is 0.350. The van der Waals surface area contributed by atoms with E-state index in [1.807, 2.05) is 17.1 Å². The molecule has 0 aromatic heterocycles. The van der Waals surface area contributed by atoms with Gasteiger partial charge in [-0.15, -0.1) is 0 Å². The van der Waals surface area contributed by atoms with Crippen LogP contribution in [0.3, 0.4) is 0 Å². The monoisotopic (exact) mass is 404 g/mol. The smallest absolute Gasteiger partial charge is 0.188 e. The van der Waals surface area contributed by atoms with Crippen LogP contribution < -0.4 is 9.47 Å². The van der Waals surface area contributed by atoms with Gasteiger partial charge in [0.25, 0.3) is 0 Å². The number of hydrogen-bond donors (Lipinski definition) is 1. The first-order valence-electron chi connectivity index (χ1n) is 8.79. The lowest BCUT2D eigenvalue weighted by atomic mass is 9.95. The van der Waals surface area contributed by atoms with Gasteiger partial charge in [-0.05, 0) is 36.3 Å². The third-order valence-electron chi connectivity index (χ3n) is 4.92. The lowest BCUT2D eigenvalue weighted by molar-refractivity contribution is -0.0198. The molecule has 2 atom stereocenters. The molecule has 2 heterocycles. The highest BCUT2D eigenvalue weighted by molar-refractivity contribution is 7.98. The largest absolute Gasteiger partial charge is 0.507 e. The van der Waals surface area contributed by atoms with Gasteiger partial charge in [-0.2, -0.15) is 16.9 Å². The van der Waals surface area contributed by atoms with Crippen LogP contribution in [0, 0.1) is 0 Å². The van der Waals surface area contributed by atoms with Crippen molar-refractivity contribution >= 4 is 29.1 Å². The minimum atomic E-state index is -0.176. The Morgan fingerprint density at radius 3 is 3.00 bits per heavy atom. The number of nitrogens with zero attached hydrogens (tertiary/aromatic N) is 2. The topological polar surface area (TPSA) is 54.3 Å². The zero-order valence-corrected chi connectivity index (χ0v) is 16.8. The van der Waals surface area contributed by atoms with Gasteiger partial charge < -0.3 is 14.6 Å². The average molecular weight is 405 g/mol. The number of para-hydroxylation sites is 1. The number of ether oxygens (including phenoxy) is 2. The molecule has 0 saturated carbocycles. The molecule has 1 N–H and O–H groups in total. The first-order valence-corrected chi connectivity index (χ1v) is 10.6. The van der Waals surface area contributed by atoms with Crippen molar-refractivity contribution in [3.05, 3.63) is 52.5 Å². The highest BCUT2D eigenvalue weighted by Gasteiger charge is 2.41. The molecule has 2 aliphatic heterocycles. The van der Waals surface area contributed by atoms with Crippen LogP contribution in [0.2, 0.25) is 5.02 Å². The molecule has 0 fully saturated rings. The van der Waals surface area contributed by atoms with Crippen molar-refractivity contribution in [3.63, 3.8) is 0 Å². The molecule has 7 heteroatoms. The van der Waals surface area contributed by atoms with Crippen molar-refractivity contribution in [2.24, 2.45) is 5.10 Å². The molecule has 0 saturated heterocycles. The molecule has 0 aliphatic carbocycles. The van der Waals surface area contributed by atoms with E-state index >= 15 is 0 Å². The predicted octanol–water partition coefficient (Wildman–Crippen LogP) is 4.68. The van der Waals surface area contributed by atoms with Crippen LogP contribution in [0.25, 0.3) is 0 Å². The van der Waals surface area contributed by atoms with E-state index in [1.54, 1.807) is 37.1 Å². The van der Waals surface area contributed by atoms with Gasteiger partial charge in [-0.1, -0.05) is 23.7 Å². The Bertz CT molecular complexity index is 890. The van der Waals surface area contributed by atoms with Crippen molar-refractivity contribution in [3.8, 4) is 17.2 Å². The van der Waals surface area contributed by atoms with Crippen LogP contribution in [0.15, 0.2) is 41.5 Å². The van der Waals surface area contributed by atoms with E-state index in [0.717, 1.165) is 34.9 Å². The Labute approximate surface area is 167 Å². The standard InChI is InChI=1S/C20H21ClN2O3S/c1-25-18-5-3-4-13-16-11-15(14-10-12(21)6-7-17(14)24)22-23(16)19(8-9-27-2)26-20(13)18/h3-7,10,16,19,24H,8-9,11H2,1-2H3/t16-,19+/m0/s1. The summed E-state index contributed by atoms with van der Waals surface area (Å²) in [6, 6.07) is 11.0. The maximum Gasteiger partial charge on any atom is 0.188 e. The summed E-state index contributed by atoms with van der Waals surface area (Å²) in [7, 11) is 1.66. The molecular formula is C20H21ClN2O3S. The van der Waals surface area contributed by atoms with Gasteiger partial charge in [0.1, 0.15) is 5.75 Å². The number of methoxy groups -OCH3 is 1. The minimum Gasteiger partial charge on any atom is -0.507 e. The molecule has 0 spiro atoms. The van der Waals surface area contributed by atoms with Gasteiger partial charge in [-0.25, -0.2) is 0 Å². The fourth-order valence-corrected chi connectivity index (χ4v) is 4.24. The molecule has 0 amide bonds. The predicted molar refractivity (Wildman–Crippen MR) is 109 cm³/mol. The lowest BCUT2D eigenvalue weighted by Gasteiger charge is -2.38. The van der Waals surface area contributed by atoms with Crippen LogP contribution >= 0.6 is 23.4 Å². The van der Waals surface area contributed by atoms with E-state index < -0.39 is 0 Å². The van der Waals surface area contributed by atoms with Crippen LogP contribution in [0.5, 0.6) is 17.2 Å². The van der Waals surface area contributed by atoms with Gasteiger partial charge in [0, 0.05) is 29.0 Å². The van der Waals surface area contributed by atoms with Crippen molar-refractivity contribution in [1.82, 2.24) is 5.01 Å². The second kappa shape index (κ2) is 7.52. The quantitative estimate of drug-likeness (QED) is 0.784. The highest BCUT2D eigenvalue weighted by Crippen LogP contribution is 2.48. The Hall–Kier alpha value is -2.05. The molecule has 2 aromatic rings. The van der Waals surface area contributed by atoms with E-state index in [9.17, 15) is 5.11 Å². The maximum atomic E-state index is 10.3. The van der Waals surface area contributed by atoms with Crippen LogP contribution in [0.4, 0.5) is 0 Å². The second-order valence-electron chi connectivity index (χ2n) is 6.54. The van der Waals surface area contributed by atoms with E-state index in [4.69, 9.17) is 26.2 Å². The van der Waals surface area contributed by atoms with Gasteiger partial charge in [0.2, 0.25) is 0 Å². The van der Waals surface area contributed by atoms with Gasteiger partial charge in [0.05, 0.1) is 18.9 Å². The first-order chi connectivity index (χ1) is 13.1. The molecule has 2 aliphatic rings. The summed E-state index contributed by atoms with van der Waals surface area (Å²) in [4.78, 5) is 0. The molecular weight excluding hydrogens is 384 g/mol. The normalized spacial score (nSPS) is 20.6. The number of benzene rings is 2. The fourth-order valence-electron chi connectivity index (χ4n) is 3.63. The van der Waals surface area contributed by atoms with E-state index in [-0.39, 0.29) is 18.0 Å². The molecule has 142 valence electrons. The molecule has 0 radical (unpaired) electrons. The molecule has 2 aromatic carbocycles. The zero-order valence-electron chi connectivity index (χ0n) is 15.2. The molecule has 5 nitrogen and oxygen atoms in total. The van der Waals surface area contributed by atoms with Crippen molar-refractivity contribution in [2.75, 3.05) is 19.1 Å². The number of phenolic OH excluding ortho intramolecular Hbond substituents is 1. The Kier molecular flexibility index (Phi) is 5.10. The van der Waals surface area contributed by atoms with Crippen LogP contribution in [-0.2, 0) is 0 Å². The number of thioether (sulfide) groups is 1. The van der Waals surface area contributed by atoms with E-state index in [1.165, 1.54) is 0 Å².